The van der Waals surface area contributed by atoms with Gasteiger partial charge < -0.3 is 16.1 Å². The van der Waals surface area contributed by atoms with Crippen LogP contribution in [0, 0.1) is 0 Å². The fourth-order valence-electron chi connectivity index (χ4n) is 1.96. The average molecular weight is 335 g/mol. The predicted octanol–water partition coefficient (Wildman–Crippen LogP) is -2.09. The van der Waals surface area contributed by atoms with E-state index >= 15 is 0 Å². The second-order valence-electron chi connectivity index (χ2n) is 4.01. The molecule has 2 aromatic carbocycles. The van der Waals surface area contributed by atoms with E-state index in [9.17, 15) is 9.59 Å². The van der Waals surface area contributed by atoms with Crippen molar-refractivity contribution in [2.24, 2.45) is 0 Å². The Labute approximate surface area is 163 Å². The first-order chi connectivity index (χ1) is 9.27. The van der Waals surface area contributed by atoms with Crippen molar-refractivity contribution in [3.63, 3.8) is 0 Å². The molecule has 21 heavy (non-hydrogen) atoms. The van der Waals surface area contributed by atoms with Crippen LogP contribution in [0.4, 0.5) is 0 Å². The average Bonchev–Trinajstić information content (AvgIpc) is 2.33. The number of hydrogen-bond donors (Lipinski definition) is 4. The summed E-state index contributed by atoms with van der Waals surface area (Å²) in [6, 6.07) is 10.9. The number of rotatable bonds is 0. The van der Waals surface area contributed by atoms with Crippen LogP contribution in [0.1, 0.15) is 22.1 Å². The second kappa shape index (κ2) is 7.23. The van der Waals surface area contributed by atoms with Crippen LogP contribution in [-0.2, 0) is 4.57 Å². The van der Waals surface area contributed by atoms with Crippen molar-refractivity contribution < 1.29 is 81.6 Å². The summed E-state index contributed by atoms with van der Waals surface area (Å²) in [5.74, 6) is -0.631. The van der Waals surface area contributed by atoms with Crippen molar-refractivity contribution in [1.29, 1.82) is 0 Å². The Hall–Kier alpha value is -0.414. The Morgan fingerprint density at radius 3 is 1.67 bits per heavy atom. The number of amides is 2. The molecule has 1 heterocycles. The monoisotopic (exact) mass is 335 g/mol. The maximum absolute atomic E-state index is 11.6. The van der Waals surface area contributed by atoms with Crippen LogP contribution in [-0.4, -0.2) is 26.5 Å². The summed E-state index contributed by atoms with van der Waals surface area (Å²) >= 11 is 0. The fraction of sp³-hybridized carbons (Fsp3) is 0. The van der Waals surface area contributed by atoms with Gasteiger partial charge in [0.05, 0.1) is 0 Å². The number of hydrogen-bond acceptors (Lipinski definition) is 3. The number of nitrogens with one attached hydrogen (secondary N) is 1. The van der Waals surface area contributed by atoms with Crippen LogP contribution >= 0.6 is 7.82 Å². The molecule has 7 nitrogen and oxygen atoms in total. The first kappa shape index (κ1) is 18.6. The van der Waals surface area contributed by atoms with Crippen LogP contribution in [0.25, 0.3) is 10.8 Å². The Balaban J connectivity index is 0.000000559. The zero-order valence-electron chi connectivity index (χ0n) is 12.0. The summed E-state index contributed by atoms with van der Waals surface area (Å²) in [4.78, 5) is 44.7. The maximum atomic E-state index is 11.6. The predicted molar refractivity (Wildman–Crippen MR) is 71.1 cm³/mol. The van der Waals surface area contributed by atoms with Crippen molar-refractivity contribution in [3.8, 4) is 0 Å². The Morgan fingerprint density at radius 1 is 0.905 bits per heavy atom. The van der Waals surface area contributed by atoms with Crippen LogP contribution in [0.15, 0.2) is 36.4 Å². The van der Waals surface area contributed by atoms with Crippen LogP contribution in [0.3, 0.4) is 0 Å². The van der Waals surface area contributed by atoms with E-state index in [1.165, 1.54) is 0 Å². The molecule has 2 aromatic rings. The standard InChI is InChI=1S/C12H7NO2.K.H3O4P.H/c14-11-8-5-1-3-7-4-2-6-9(10(7)8)12(15)13-11;;1-5(2,3)4;/h1-6H,(H,13,14,15);;(H3,1,2,3,4);/q;+1;;-1. The van der Waals surface area contributed by atoms with Gasteiger partial charge in [0.2, 0.25) is 0 Å². The molecular weight excluding hydrogens is 324 g/mol. The van der Waals surface area contributed by atoms with E-state index < -0.39 is 7.82 Å². The molecule has 0 aromatic heterocycles. The summed E-state index contributed by atoms with van der Waals surface area (Å²) in [7, 11) is -4.64. The smallest absolute Gasteiger partial charge is 1.00 e. The summed E-state index contributed by atoms with van der Waals surface area (Å²) in [5, 5.41) is 4.00. The molecule has 0 spiro atoms. The molecule has 9 heteroatoms. The van der Waals surface area contributed by atoms with Gasteiger partial charge >= 0.3 is 59.2 Å². The first-order valence-electron chi connectivity index (χ1n) is 5.43. The molecule has 1 aliphatic rings. The van der Waals surface area contributed by atoms with Crippen molar-refractivity contribution in [1.82, 2.24) is 5.32 Å². The number of carbonyl (C=O) groups is 2. The van der Waals surface area contributed by atoms with E-state index in [0.717, 1.165) is 10.8 Å². The summed E-state index contributed by atoms with van der Waals surface area (Å²) in [5.41, 5.74) is 1.14. The van der Waals surface area contributed by atoms with Crippen LogP contribution < -0.4 is 56.7 Å². The van der Waals surface area contributed by atoms with Gasteiger partial charge in [0, 0.05) is 16.5 Å². The third-order valence-electron chi connectivity index (χ3n) is 2.62. The van der Waals surface area contributed by atoms with Crippen molar-refractivity contribution in [3.05, 3.63) is 47.5 Å². The molecule has 0 bridgehead atoms. The minimum Gasteiger partial charge on any atom is -1.00 e. The summed E-state index contributed by atoms with van der Waals surface area (Å²) in [6.45, 7) is 0. The van der Waals surface area contributed by atoms with Gasteiger partial charge in [-0.1, -0.05) is 24.3 Å². The molecular formula is C12H11KNO6P. The van der Waals surface area contributed by atoms with Crippen molar-refractivity contribution in [2.45, 2.75) is 0 Å². The van der Waals surface area contributed by atoms with E-state index in [1.54, 1.807) is 12.1 Å². The fourth-order valence-corrected chi connectivity index (χ4v) is 1.96. The van der Waals surface area contributed by atoms with Crippen LogP contribution in [0.5, 0.6) is 0 Å². The normalized spacial score (nSPS) is 12.9. The molecule has 2 amide bonds. The van der Waals surface area contributed by atoms with Crippen LogP contribution in [0.2, 0.25) is 0 Å². The zero-order valence-corrected chi connectivity index (χ0v) is 15.0. The Bertz CT molecular complexity index is 705. The number of carbonyl (C=O) groups excluding carboxylic acids is 2. The molecule has 1 aliphatic heterocycles. The van der Waals surface area contributed by atoms with Gasteiger partial charge in [-0.2, -0.15) is 0 Å². The third-order valence-corrected chi connectivity index (χ3v) is 2.62. The largest absolute Gasteiger partial charge is 1.00 e. The molecule has 4 N–H and O–H groups in total. The number of benzene rings is 2. The molecule has 0 aliphatic carbocycles. The first-order valence-corrected chi connectivity index (χ1v) is 6.99. The molecule has 0 unspecified atom stereocenters. The van der Waals surface area contributed by atoms with Gasteiger partial charge in [-0.05, 0) is 17.5 Å². The topological polar surface area (TPSA) is 124 Å². The van der Waals surface area contributed by atoms with Gasteiger partial charge in [0.1, 0.15) is 0 Å². The van der Waals surface area contributed by atoms with Gasteiger partial charge in [0.25, 0.3) is 11.8 Å². The van der Waals surface area contributed by atoms with Gasteiger partial charge in [-0.3, -0.25) is 14.9 Å². The molecule has 0 atom stereocenters. The van der Waals surface area contributed by atoms with Gasteiger partial charge in [0.15, 0.2) is 0 Å². The van der Waals surface area contributed by atoms with Crippen molar-refractivity contribution >= 4 is 30.4 Å². The minimum absolute atomic E-state index is 0. The second-order valence-corrected chi connectivity index (χ2v) is 5.03. The number of phosphoric acid groups is 1. The van der Waals surface area contributed by atoms with Gasteiger partial charge in [-0.25, -0.2) is 4.57 Å². The van der Waals surface area contributed by atoms with Gasteiger partial charge in [-0.15, -0.1) is 0 Å². The quantitative estimate of drug-likeness (QED) is 0.249. The maximum Gasteiger partial charge on any atom is 1.00 e. The summed E-state index contributed by atoms with van der Waals surface area (Å²) < 4.78 is 8.88. The zero-order chi connectivity index (χ0) is 14.9. The molecule has 0 saturated heterocycles. The minimum atomic E-state index is -4.64. The van der Waals surface area contributed by atoms with E-state index in [4.69, 9.17) is 19.2 Å². The van der Waals surface area contributed by atoms with E-state index in [0.29, 0.717) is 11.1 Å². The Kier molecular flexibility index (Phi) is 6.42. The van der Waals surface area contributed by atoms with E-state index in [2.05, 4.69) is 5.32 Å². The molecule has 0 saturated carbocycles. The molecule has 3 rings (SSSR count). The van der Waals surface area contributed by atoms with Crippen molar-refractivity contribution in [2.75, 3.05) is 0 Å². The number of imide groups is 1. The third kappa shape index (κ3) is 4.78. The SMILES string of the molecule is O=C1NC(=O)c2cccc3cccc1c23.O=P(O)(O)O.[H-].[K+]. The Morgan fingerprint density at radius 2 is 1.29 bits per heavy atom. The molecule has 0 radical (unpaired) electrons. The van der Waals surface area contributed by atoms with E-state index in [-0.39, 0.29) is 64.6 Å². The van der Waals surface area contributed by atoms with E-state index in [1.807, 2.05) is 24.3 Å². The molecule has 0 fully saturated rings. The molecule has 106 valence electrons. The summed E-state index contributed by atoms with van der Waals surface area (Å²) in [6.07, 6.45) is 0.